The topological polar surface area (TPSA) is 64.4 Å². The predicted octanol–water partition coefficient (Wildman–Crippen LogP) is 2.02. The molecule has 4 nitrogen and oxygen atoms in total. The number of carbonyl (C=O) groups is 1. The molecule has 1 fully saturated rings. The van der Waals surface area contributed by atoms with Crippen LogP contribution in [0.3, 0.4) is 0 Å². The van der Waals surface area contributed by atoms with Gasteiger partial charge in [-0.15, -0.1) is 11.3 Å². The molecule has 94 valence electrons. The van der Waals surface area contributed by atoms with Crippen molar-refractivity contribution in [1.82, 2.24) is 5.32 Å². The van der Waals surface area contributed by atoms with Crippen LogP contribution in [0.5, 0.6) is 0 Å². The highest BCUT2D eigenvalue weighted by molar-refractivity contribution is 7.12. The van der Waals surface area contributed by atoms with Crippen LogP contribution in [0.15, 0.2) is 11.4 Å². The summed E-state index contributed by atoms with van der Waals surface area (Å²) in [5, 5.41) is 4.71. The Morgan fingerprint density at radius 1 is 1.59 bits per heavy atom. The molecular formula is C12H18N2O2S. The largest absolute Gasteiger partial charge is 0.397 e. The SMILES string of the molecule is Nc1ccsc1C(=O)NCCC1CCCCO1. The van der Waals surface area contributed by atoms with Crippen LogP contribution in [0, 0.1) is 0 Å². The molecule has 0 spiro atoms. The van der Waals surface area contributed by atoms with Gasteiger partial charge in [0, 0.05) is 13.2 Å². The van der Waals surface area contributed by atoms with Crippen molar-refractivity contribution in [3.8, 4) is 0 Å². The average Bonchev–Trinajstić information content (AvgIpc) is 2.77. The first-order valence-corrected chi connectivity index (χ1v) is 6.88. The summed E-state index contributed by atoms with van der Waals surface area (Å²) >= 11 is 1.38. The van der Waals surface area contributed by atoms with E-state index in [1.807, 2.05) is 5.38 Å². The minimum Gasteiger partial charge on any atom is -0.397 e. The number of rotatable bonds is 4. The summed E-state index contributed by atoms with van der Waals surface area (Å²) in [5.41, 5.74) is 6.24. The predicted molar refractivity (Wildman–Crippen MR) is 69.3 cm³/mol. The smallest absolute Gasteiger partial charge is 0.263 e. The van der Waals surface area contributed by atoms with E-state index in [9.17, 15) is 4.79 Å². The average molecular weight is 254 g/mol. The normalized spacial score (nSPS) is 20.1. The molecule has 1 atom stereocenters. The third-order valence-corrected chi connectivity index (χ3v) is 3.86. The van der Waals surface area contributed by atoms with Gasteiger partial charge in [-0.1, -0.05) is 0 Å². The zero-order valence-corrected chi connectivity index (χ0v) is 10.6. The summed E-state index contributed by atoms with van der Waals surface area (Å²) in [5.74, 6) is -0.0756. The van der Waals surface area contributed by atoms with E-state index >= 15 is 0 Å². The molecule has 1 aromatic heterocycles. The van der Waals surface area contributed by atoms with E-state index in [1.165, 1.54) is 17.8 Å². The molecule has 1 saturated heterocycles. The number of ether oxygens (including phenoxy) is 1. The molecule has 2 rings (SSSR count). The van der Waals surface area contributed by atoms with Gasteiger partial charge in [0.15, 0.2) is 0 Å². The monoisotopic (exact) mass is 254 g/mol. The quantitative estimate of drug-likeness (QED) is 0.864. The standard InChI is InChI=1S/C12H18N2O2S/c13-10-5-8-17-11(10)12(15)14-6-4-9-3-1-2-7-16-9/h5,8-9H,1-4,6-7,13H2,(H,14,15). The van der Waals surface area contributed by atoms with E-state index in [2.05, 4.69) is 5.32 Å². The first-order chi connectivity index (χ1) is 8.27. The van der Waals surface area contributed by atoms with Crippen molar-refractivity contribution >= 4 is 22.9 Å². The third-order valence-electron chi connectivity index (χ3n) is 2.93. The lowest BCUT2D eigenvalue weighted by Gasteiger charge is -2.22. The van der Waals surface area contributed by atoms with Gasteiger partial charge < -0.3 is 15.8 Å². The van der Waals surface area contributed by atoms with Gasteiger partial charge >= 0.3 is 0 Å². The fraction of sp³-hybridized carbons (Fsp3) is 0.583. The molecule has 0 radical (unpaired) electrons. The second-order valence-electron chi connectivity index (χ2n) is 4.24. The summed E-state index contributed by atoms with van der Waals surface area (Å²) in [6.07, 6.45) is 4.70. The van der Waals surface area contributed by atoms with Crippen molar-refractivity contribution in [3.63, 3.8) is 0 Å². The van der Waals surface area contributed by atoms with E-state index in [1.54, 1.807) is 6.07 Å². The molecule has 0 saturated carbocycles. The maximum Gasteiger partial charge on any atom is 0.263 e. The Kier molecular flexibility index (Phi) is 4.39. The molecule has 0 bridgehead atoms. The molecule has 1 amide bonds. The number of nitrogens with one attached hydrogen (secondary N) is 1. The highest BCUT2D eigenvalue weighted by atomic mass is 32.1. The van der Waals surface area contributed by atoms with Crippen molar-refractivity contribution in [2.75, 3.05) is 18.9 Å². The Balaban J connectivity index is 1.71. The number of nitrogens with two attached hydrogens (primary N) is 1. The molecule has 0 aliphatic carbocycles. The van der Waals surface area contributed by atoms with Gasteiger partial charge in [0.1, 0.15) is 4.88 Å². The first kappa shape index (κ1) is 12.4. The third kappa shape index (κ3) is 3.44. The Bertz CT molecular complexity index is 372. The van der Waals surface area contributed by atoms with Crippen LogP contribution in [-0.4, -0.2) is 25.2 Å². The number of thiophene rings is 1. The van der Waals surface area contributed by atoms with Crippen LogP contribution in [0.4, 0.5) is 5.69 Å². The number of nitrogen functional groups attached to an aromatic ring is 1. The van der Waals surface area contributed by atoms with Gasteiger partial charge in [0.05, 0.1) is 11.8 Å². The van der Waals surface area contributed by atoms with Gasteiger partial charge in [0.25, 0.3) is 5.91 Å². The summed E-state index contributed by atoms with van der Waals surface area (Å²) in [6.45, 7) is 1.51. The maximum atomic E-state index is 11.7. The van der Waals surface area contributed by atoms with Crippen LogP contribution < -0.4 is 11.1 Å². The van der Waals surface area contributed by atoms with Crippen molar-refractivity contribution in [2.45, 2.75) is 31.8 Å². The van der Waals surface area contributed by atoms with Gasteiger partial charge in [-0.05, 0) is 37.1 Å². The summed E-state index contributed by atoms with van der Waals surface area (Å²) < 4.78 is 5.60. The molecule has 1 unspecified atom stereocenters. The Morgan fingerprint density at radius 2 is 2.47 bits per heavy atom. The van der Waals surface area contributed by atoms with E-state index < -0.39 is 0 Å². The van der Waals surface area contributed by atoms with E-state index in [0.29, 0.717) is 23.2 Å². The Morgan fingerprint density at radius 3 is 3.12 bits per heavy atom. The van der Waals surface area contributed by atoms with Crippen LogP contribution in [0.1, 0.15) is 35.4 Å². The van der Waals surface area contributed by atoms with Gasteiger partial charge in [0.2, 0.25) is 0 Å². The van der Waals surface area contributed by atoms with E-state index in [4.69, 9.17) is 10.5 Å². The number of amides is 1. The van der Waals surface area contributed by atoms with Crippen LogP contribution >= 0.6 is 11.3 Å². The van der Waals surface area contributed by atoms with Crippen molar-refractivity contribution in [3.05, 3.63) is 16.3 Å². The van der Waals surface area contributed by atoms with Crippen molar-refractivity contribution in [1.29, 1.82) is 0 Å². The number of hydrogen-bond donors (Lipinski definition) is 2. The molecule has 1 aromatic rings. The highest BCUT2D eigenvalue weighted by Crippen LogP contribution is 2.18. The highest BCUT2D eigenvalue weighted by Gasteiger charge is 2.15. The lowest BCUT2D eigenvalue weighted by molar-refractivity contribution is 0.0117. The number of carbonyl (C=O) groups excluding carboxylic acids is 1. The zero-order chi connectivity index (χ0) is 12.1. The summed E-state index contributed by atoms with van der Waals surface area (Å²) in [4.78, 5) is 12.4. The second-order valence-corrected chi connectivity index (χ2v) is 5.15. The van der Waals surface area contributed by atoms with Crippen LogP contribution in [-0.2, 0) is 4.74 Å². The van der Waals surface area contributed by atoms with Crippen LogP contribution in [0.25, 0.3) is 0 Å². The first-order valence-electron chi connectivity index (χ1n) is 6.00. The lowest BCUT2D eigenvalue weighted by Crippen LogP contribution is -2.29. The van der Waals surface area contributed by atoms with Crippen molar-refractivity contribution < 1.29 is 9.53 Å². The lowest BCUT2D eigenvalue weighted by atomic mass is 10.1. The molecule has 3 N–H and O–H groups in total. The van der Waals surface area contributed by atoms with Crippen LogP contribution in [0.2, 0.25) is 0 Å². The molecule has 1 aliphatic heterocycles. The summed E-state index contributed by atoms with van der Waals surface area (Å²) in [7, 11) is 0. The van der Waals surface area contributed by atoms with Gasteiger partial charge in [-0.3, -0.25) is 4.79 Å². The Labute approximate surface area is 105 Å². The molecule has 2 heterocycles. The fourth-order valence-corrected chi connectivity index (χ4v) is 2.70. The molecule has 1 aliphatic rings. The second kappa shape index (κ2) is 6.02. The van der Waals surface area contributed by atoms with Gasteiger partial charge in [-0.25, -0.2) is 0 Å². The summed E-state index contributed by atoms with van der Waals surface area (Å²) in [6, 6.07) is 1.75. The minimum atomic E-state index is -0.0756. The fourth-order valence-electron chi connectivity index (χ4n) is 1.97. The molecular weight excluding hydrogens is 236 g/mol. The van der Waals surface area contributed by atoms with E-state index in [-0.39, 0.29) is 5.91 Å². The maximum absolute atomic E-state index is 11.7. The zero-order valence-electron chi connectivity index (χ0n) is 9.78. The minimum absolute atomic E-state index is 0.0756. The van der Waals surface area contributed by atoms with Crippen molar-refractivity contribution in [2.24, 2.45) is 0 Å². The van der Waals surface area contributed by atoms with Gasteiger partial charge in [-0.2, -0.15) is 0 Å². The molecule has 0 aromatic carbocycles. The molecule has 5 heteroatoms. The number of hydrogen-bond acceptors (Lipinski definition) is 4. The Hall–Kier alpha value is -1.07. The van der Waals surface area contributed by atoms with E-state index in [0.717, 1.165) is 25.9 Å². The number of anilines is 1. The molecule has 17 heavy (non-hydrogen) atoms.